The summed E-state index contributed by atoms with van der Waals surface area (Å²) in [5.41, 5.74) is 7.52. The topological polar surface area (TPSA) is 99.7 Å². The lowest BCUT2D eigenvalue weighted by atomic mass is 10.1. The highest BCUT2D eigenvalue weighted by molar-refractivity contribution is 5.92. The Morgan fingerprint density at radius 2 is 2.17 bits per heavy atom. The van der Waals surface area contributed by atoms with Crippen LogP contribution in [0.5, 0.6) is 0 Å². The predicted octanol–water partition coefficient (Wildman–Crippen LogP) is 1.24. The Balaban J connectivity index is 2.67. The average molecular weight is 250 g/mol. The summed E-state index contributed by atoms with van der Waals surface area (Å²) in [4.78, 5) is 14.4. The van der Waals surface area contributed by atoms with Crippen LogP contribution >= 0.6 is 0 Å². The Kier molecular flexibility index (Phi) is 5.50. The second-order valence-electron chi connectivity index (χ2n) is 3.62. The van der Waals surface area contributed by atoms with E-state index in [1.807, 2.05) is 31.2 Å². The van der Waals surface area contributed by atoms with Gasteiger partial charge in [-0.25, -0.2) is 4.79 Å². The van der Waals surface area contributed by atoms with Crippen molar-refractivity contribution in [3.63, 3.8) is 0 Å². The standard InChI is InChI=1S/C12H18N4O2/c1-2-14-11(13)16-10-6-4-3-5-9(10)7-8-15-12(17)18/h3-6,15H,2,7-8H2,1H3,(H,17,18)(H3,13,14,16). The molecule has 0 saturated heterocycles. The first kappa shape index (κ1) is 13.8. The van der Waals surface area contributed by atoms with E-state index in [4.69, 9.17) is 10.8 Å². The van der Waals surface area contributed by atoms with Crippen LogP contribution in [-0.4, -0.2) is 30.2 Å². The molecule has 0 bridgehead atoms. The van der Waals surface area contributed by atoms with Crippen LogP contribution in [0.4, 0.5) is 10.5 Å². The average Bonchev–Trinajstić information content (AvgIpc) is 2.31. The molecule has 6 heteroatoms. The summed E-state index contributed by atoms with van der Waals surface area (Å²) in [7, 11) is 0. The highest BCUT2D eigenvalue weighted by Gasteiger charge is 2.03. The Hall–Kier alpha value is -2.24. The van der Waals surface area contributed by atoms with E-state index in [1.165, 1.54) is 0 Å². The highest BCUT2D eigenvalue weighted by Crippen LogP contribution is 2.14. The van der Waals surface area contributed by atoms with Crippen molar-refractivity contribution < 1.29 is 9.90 Å². The molecular weight excluding hydrogens is 232 g/mol. The molecule has 0 radical (unpaired) electrons. The van der Waals surface area contributed by atoms with E-state index >= 15 is 0 Å². The quantitative estimate of drug-likeness (QED) is 0.466. The molecule has 0 aliphatic heterocycles. The molecule has 1 aromatic rings. The van der Waals surface area contributed by atoms with Gasteiger partial charge in [-0.15, -0.1) is 0 Å². The van der Waals surface area contributed by atoms with Crippen LogP contribution in [0.1, 0.15) is 12.5 Å². The van der Waals surface area contributed by atoms with Crippen molar-refractivity contribution in [2.24, 2.45) is 10.7 Å². The molecule has 1 aromatic carbocycles. The number of hydrogen-bond donors (Lipinski definition) is 4. The zero-order valence-electron chi connectivity index (χ0n) is 10.3. The van der Waals surface area contributed by atoms with Gasteiger partial charge in [0.05, 0.1) is 0 Å². The Bertz CT molecular complexity index is 432. The number of aliphatic imine (C=N–C) groups is 1. The fourth-order valence-corrected chi connectivity index (χ4v) is 1.51. The van der Waals surface area contributed by atoms with Gasteiger partial charge >= 0.3 is 6.09 Å². The van der Waals surface area contributed by atoms with Gasteiger partial charge in [-0.3, -0.25) is 4.99 Å². The minimum atomic E-state index is -1.02. The van der Waals surface area contributed by atoms with E-state index in [-0.39, 0.29) is 0 Å². The maximum atomic E-state index is 10.4. The Morgan fingerprint density at radius 3 is 2.83 bits per heavy atom. The molecule has 0 atom stereocenters. The van der Waals surface area contributed by atoms with Crippen LogP contribution in [0, 0.1) is 0 Å². The first-order chi connectivity index (χ1) is 8.63. The molecule has 0 fully saturated rings. The van der Waals surface area contributed by atoms with Crippen molar-refractivity contribution in [1.29, 1.82) is 0 Å². The lowest BCUT2D eigenvalue weighted by Crippen LogP contribution is -2.25. The molecule has 0 unspecified atom stereocenters. The van der Waals surface area contributed by atoms with Crippen molar-refractivity contribution in [2.45, 2.75) is 13.3 Å². The monoisotopic (exact) mass is 250 g/mol. The van der Waals surface area contributed by atoms with Crippen LogP contribution in [0.15, 0.2) is 29.3 Å². The number of carbonyl (C=O) groups is 1. The van der Waals surface area contributed by atoms with Gasteiger partial charge in [-0.1, -0.05) is 18.2 Å². The molecule has 0 aliphatic rings. The first-order valence-corrected chi connectivity index (χ1v) is 5.75. The predicted molar refractivity (Wildman–Crippen MR) is 72.0 cm³/mol. The van der Waals surface area contributed by atoms with Gasteiger partial charge in [-0.2, -0.15) is 0 Å². The van der Waals surface area contributed by atoms with Gasteiger partial charge in [0.1, 0.15) is 0 Å². The number of benzene rings is 1. The summed E-state index contributed by atoms with van der Waals surface area (Å²) in [6.45, 7) is 2.87. The van der Waals surface area contributed by atoms with Crippen LogP contribution < -0.4 is 16.4 Å². The van der Waals surface area contributed by atoms with E-state index < -0.39 is 6.09 Å². The fraction of sp³-hybridized carbons (Fsp3) is 0.333. The maximum absolute atomic E-state index is 10.4. The number of anilines is 1. The minimum absolute atomic E-state index is 0.358. The fourth-order valence-electron chi connectivity index (χ4n) is 1.51. The summed E-state index contributed by atoms with van der Waals surface area (Å²) < 4.78 is 0. The number of rotatable bonds is 5. The van der Waals surface area contributed by atoms with Crippen molar-refractivity contribution >= 4 is 17.7 Å². The summed E-state index contributed by atoms with van der Waals surface area (Å²) >= 11 is 0. The summed E-state index contributed by atoms with van der Waals surface area (Å²) in [6.07, 6.45) is -0.429. The molecule has 6 nitrogen and oxygen atoms in total. The maximum Gasteiger partial charge on any atom is 0.404 e. The molecular formula is C12H18N4O2. The van der Waals surface area contributed by atoms with E-state index in [0.717, 1.165) is 11.3 Å². The highest BCUT2D eigenvalue weighted by atomic mass is 16.4. The smallest absolute Gasteiger partial charge is 0.404 e. The van der Waals surface area contributed by atoms with Gasteiger partial charge in [0, 0.05) is 18.8 Å². The van der Waals surface area contributed by atoms with Gasteiger partial charge in [-0.05, 0) is 25.0 Å². The third-order valence-electron chi connectivity index (χ3n) is 2.28. The van der Waals surface area contributed by atoms with Crippen LogP contribution in [-0.2, 0) is 6.42 Å². The van der Waals surface area contributed by atoms with Crippen LogP contribution in [0.25, 0.3) is 0 Å². The zero-order chi connectivity index (χ0) is 13.4. The zero-order valence-corrected chi connectivity index (χ0v) is 10.3. The van der Waals surface area contributed by atoms with Gasteiger partial charge in [0.2, 0.25) is 0 Å². The van der Waals surface area contributed by atoms with Crippen LogP contribution in [0.3, 0.4) is 0 Å². The van der Waals surface area contributed by atoms with Gasteiger partial charge < -0.3 is 21.5 Å². The van der Waals surface area contributed by atoms with E-state index in [0.29, 0.717) is 25.5 Å². The third-order valence-corrected chi connectivity index (χ3v) is 2.28. The van der Waals surface area contributed by atoms with E-state index in [2.05, 4.69) is 15.6 Å². The first-order valence-electron chi connectivity index (χ1n) is 5.75. The SMILES string of the molecule is CCN=C(N)Nc1ccccc1CCNC(=O)O. The number of guanidine groups is 1. The van der Waals surface area contributed by atoms with Crippen molar-refractivity contribution in [2.75, 3.05) is 18.4 Å². The molecule has 0 aromatic heterocycles. The van der Waals surface area contributed by atoms with E-state index in [1.54, 1.807) is 0 Å². The molecule has 5 N–H and O–H groups in total. The molecule has 0 spiro atoms. The van der Waals surface area contributed by atoms with Crippen molar-refractivity contribution in [3.8, 4) is 0 Å². The van der Waals surface area contributed by atoms with Crippen molar-refractivity contribution in [1.82, 2.24) is 5.32 Å². The number of carboxylic acid groups (broad SMARTS) is 1. The number of hydrogen-bond acceptors (Lipinski definition) is 2. The molecule has 1 rings (SSSR count). The van der Waals surface area contributed by atoms with E-state index in [9.17, 15) is 4.79 Å². The molecule has 18 heavy (non-hydrogen) atoms. The third kappa shape index (κ3) is 4.73. The Morgan fingerprint density at radius 1 is 1.44 bits per heavy atom. The largest absolute Gasteiger partial charge is 0.465 e. The normalized spacial score (nSPS) is 11.1. The second-order valence-corrected chi connectivity index (χ2v) is 3.62. The number of para-hydroxylation sites is 1. The Labute approximate surface area is 106 Å². The molecule has 98 valence electrons. The number of nitrogens with one attached hydrogen (secondary N) is 2. The number of nitrogens with two attached hydrogens (primary N) is 1. The second kappa shape index (κ2) is 7.16. The van der Waals surface area contributed by atoms with Gasteiger partial charge in [0.25, 0.3) is 0 Å². The van der Waals surface area contributed by atoms with Crippen molar-refractivity contribution in [3.05, 3.63) is 29.8 Å². The number of amides is 1. The number of nitrogens with zero attached hydrogens (tertiary/aromatic N) is 1. The lowest BCUT2D eigenvalue weighted by molar-refractivity contribution is 0.194. The molecule has 1 amide bonds. The summed E-state index contributed by atoms with van der Waals surface area (Å²) in [5, 5.41) is 13.8. The minimum Gasteiger partial charge on any atom is -0.465 e. The lowest BCUT2D eigenvalue weighted by Gasteiger charge is -2.11. The van der Waals surface area contributed by atoms with Crippen LogP contribution in [0.2, 0.25) is 0 Å². The molecule has 0 saturated carbocycles. The molecule has 0 aliphatic carbocycles. The molecule has 0 heterocycles. The van der Waals surface area contributed by atoms with Gasteiger partial charge in [0.15, 0.2) is 5.96 Å². The summed E-state index contributed by atoms with van der Waals surface area (Å²) in [6, 6.07) is 7.59. The summed E-state index contributed by atoms with van der Waals surface area (Å²) in [5.74, 6) is 0.358.